The number of rotatable bonds is 4. The molecule has 2 aromatic carbocycles. The lowest BCUT2D eigenvalue weighted by molar-refractivity contribution is 0.178. The molecule has 1 unspecified atom stereocenters. The zero-order chi connectivity index (χ0) is 15.6. The maximum atomic E-state index is 10.5. The highest BCUT2D eigenvalue weighted by Crippen LogP contribution is 2.27. The molecular formula is C19H23BrO. The summed E-state index contributed by atoms with van der Waals surface area (Å²) in [6, 6.07) is 12.7. The van der Waals surface area contributed by atoms with Crippen LogP contribution in [0.2, 0.25) is 0 Å². The highest BCUT2D eigenvalue weighted by molar-refractivity contribution is 9.10. The first-order chi connectivity index (χ1) is 9.88. The van der Waals surface area contributed by atoms with Crippen molar-refractivity contribution in [1.82, 2.24) is 0 Å². The fourth-order valence-electron chi connectivity index (χ4n) is 2.55. The zero-order valence-corrected chi connectivity index (χ0v) is 14.7. The number of halogens is 1. The Morgan fingerprint density at radius 2 is 1.48 bits per heavy atom. The van der Waals surface area contributed by atoms with Crippen LogP contribution in [0.1, 0.15) is 53.7 Å². The number of aryl methyl sites for hydroxylation is 2. The van der Waals surface area contributed by atoms with Crippen molar-refractivity contribution in [3.63, 3.8) is 0 Å². The van der Waals surface area contributed by atoms with E-state index >= 15 is 0 Å². The van der Waals surface area contributed by atoms with Crippen molar-refractivity contribution in [1.29, 1.82) is 0 Å². The predicted molar refractivity (Wildman–Crippen MR) is 92.8 cm³/mol. The molecule has 112 valence electrons. The first-order valence-electron chi connectivity index (χ1n) is 7.42. The summed E-state index contributed by atoms with van der Waals surface area (Å²) >= 11 is 3.57. The second kappa shape index (κ2) is 6.76. The third kappa shape index (κ3) is 3.96. The van der Waals surface area contributed by atoms with Gasteiger partial charge in [0.05, 0.1) is 6.10 Å². The van der Waals surface area contributed by atoms with Crippen LogP contribution in [0, 0.1) is 13.8 Å². The van der Waals surface area contributed by atoms with Crippen LogP contribution in [-0.4, -0.2) is 5.11 Å². The van der Waals surface area contributed by atoms with Crippen LogP contribution in [0.5, 0.6) is 0 Å². The highest BCUT2D eigenvalue weighted by atomic mass is 79.9. The molecule has 0 aliphatic heterocycles. The van der Waals surface area contributed by atoms with Crippen LogP contribution in [0.15, 0.2) is 40.9 Å². The first kappa shape index (κ1) is 16.3. The van der Waals surface area contributed by atoms with Gasteiger partial charge in [-0.15, -0.1) is 0 Å². The summed E-state index contributed by atoms with van der Waals surface area (Å²) in [5.41, 5.74) is 5.83. The van der Waals surface area contributed by atoms with Crippen molar-refractivity contribution in [2.45, 2.75) is 46.1 Å². The van der Waals surface area contributed by atoms with E-state index < -0.39 is 6.10 Å². The minimum absolute atomic E-state index is 0.458. The standard InChI is InChI=1S/C19H23BrO/c1-12(2)16-7-5-15(6-8-16)11-18(21)17-9-13(3)19(20)14(4)10-17/h5-10,12,18,21H,11H2,1-4H3. The number of hydrogen-bond donors (Lipinski definition) is 1. The molecule has 2 rings (SSSR count). The number of hydrogen-bond acceptors (Lipinski definition) is 1. The van der Waals surface area contributed by atoms with Gasteiger partial charge >= 0.3 is 0 Å². The van der Waals surface area contributed by atoms with Gasteiger partial charge in [-0.05, 0) is 47.6 Å². The number of aliphatic hydroxyl groups excluding tert-OH is 1. The largest absolute Gasteiger partial charge is 0.388 e. The van der Waals surface area contributed by atoms with Gasteiger partial charge < -0.3 is 5.11 Å². The topological polar surface area (TPSA) is 20.2 Å². The molecule has 0 aliphatic rings. The van der Waals surface area contributed by atoms with E-state index in [0.717, 1.165) is 10.0 Å². The fraction of sp³-hybridized carbons (Fsp3) is 0.368. The molecule has 0 bridgehead atoms. The highest BCUT2D eigenvalue weighted by Gasteiger charge is 2.12. The summed E-state index contributed by atoms with van der Waals surface area (Å²) < 4.78 is 1.12. The molecule has 21 heavy (non-hydrogen) atoms. The maximum Gasteiger partial charge on any atom is 0.0830 e. The number of benzene rings is 2. The smallest absolute Gasteiger partial charge is 0.0830 e. The minimum Gasteiger partial charge on any atom is -0.388 e. The third-order valence-corrected chi connectivity index (χ3v) is 5.17. The Balaban J connectivity index is 2.16. The van der Waals surface area contributed by atoms with Gasteiger partial charge in [0, 0.05) is 10.9 Å². The Morgan fingerprint density at radius 1 is 0.952 bits per heavy atom. The molecule has 1 nitrogen and oxygen atoms in total. The van der Waals surface area contributed by atoms with E-state index in [-0.39, 0.29) is 0 Å². The van der Waals surface area contributed by atoms with Crippen molar-refractivity contribution in [3.05, 3.63) is 68.7 Å². The quantitative estimate of drug-likeness (QED) is 0.778. The minimum atomic E-state index is -0.458. The Hall–Kier alpha value is -1.12. The maximum absolute atomic E-state index is 10.5. The summed E-state index contributed by atoms with van der Waals surface area (Å²) in [7, 11) is 0. The van der Waals surface area contributed by atoms with E-state index in [1.165, 1.54) is 22.3 Å². The van der Waals surface area contributed by atoms with E-state index in [9.17, 15) is 5.11 Å². The Morgan fingerprint density at radius 3 is 1.95 bits per heavy atom. The van der Waals surface area contributed by atoms with E-state index in [0.29, 0.717) is 12.3 Å². The van der Waals surface area contributed by atoms with Crippen molar-refractivity contribution >= 4 is 15.9 Å². The van der Waals surface area contributed by atoms with E-state index in [1.54, 1.807) is 0 Å². The SMILES string of the molecule is Cc1cc(C(O)Cc2ccc(C(C)C)cc2)cc(C)c1Br. The molecule has 0 fully saturated rings. The van der Waals surface area contributed by atoms with Gasteiger partial charge in [0.25, 0.3) is 0 Å². The predicted octanol–water partition coefficient (Wildman–Crippen LogP) is 5.47. The van der Waals surface area contributed by atoms with Gasteiger partial charge in [-0.25, -0.2) is 0 Å². The Bertz CT molecular complexity index is 591. The van der Waals surface area contributed by atoms with Crippen LogP contribution in [0.3, 0.4) is 0 Å². The van der Waals surface area contributed by atoms with Crippen molar-refractivity contribution in [2.24, 2.45) is 0 Å². The van der Waals surface area contributed by atoms with E-state index in [4.69, 9.17) is 0 Å². The van der Waals surface area contributed by atoms with Gasteiger partial charge in [-0.2, -0.15) is 0 Å². The van der Waals surface area contributed by atoms with Gasteiger partial charge in [0.15, 0.2) is 0 Å². The molecule has 0 saturated carbocycles. The average molecular weight is 347 g/mol. The molecule has 0 spiro atoms. The monoisotopic (exact) mass is 346 g/mol. The first-order valence-corrected chi connectivity index (χ1v) is 8.21. The molecule has 0 aromatic heterocycles. The molecule has 0 aliphatic carbocycles. The van der Waals surface area contributed by atoms with Crippen LogP contribution < -0.4 is 0 Å². The van der Waals surface area contributed by atoms with Crippen molar-refractivity contribution in [3.8, 4) is 0 Å². The Labute approximate surface area is 136 Å². The van der Waals surface area contributed by atoms with Crippen LogP contribution in [-0.2, 0) is 6.42 Å². The molecule has 0 heterocycles. The fourth-order valence-corrected chi connectivity index (χ4v) is 2.78. The molecular weight excluding hydrogens is 324 g/mol. The van der Waals surface area contributed by atoms with Crippen molar-refractivity contribution in [2.75, 3.05) is 0 Å². The molecule has 2 heteroatoms. The second-order valence-corrected chi connectivity index (χ2v) is 6.88. The van der Waals surface area contributed by atoms with Crippen LogP contribution >= 0.6 is 15.9 Å². The van der Waals surface area contributed by atoms with Gasteiger partial charge in [-0.3, -0.25) is 0 Å². The summed E-state index contributed by atoms with van der Waals surface area (Å²) in [5.74, 6) is 0.542. The van der Waals surface area contributed by atoms with Crippen LogP contribution in [0.25, 0.3) is 0 Å². The number of aliphatic hydroxyl groups is 1. The average Bonchev–Trinajstić information content (AvgIpc) is 2.44. The lowest BCUT2D eigenvalue weighted by atomic mass is 9.96. The van der Waals surface area contributed by atoms with Crippen molar-refractivity contribution < 1.29 is 5.11 Å². The molecule has 0 radical (unpaired) electrons. The normalized spacial score (nSPS) is 12.7. The Kier molecular flexibility index (Phi) is 5.23. The zero-order valence-electron chi connectivity index (χ0n) is 13.2. The van der Waals surface area contributed by atoms with Crippen LogP contribution in [0.4, 0.5) is 0 Å². The lowest BCUT2D eigenvalue weighted by Crippen LogP contribution is -2.03. The van der Waals surface area contributed by atoms with Gasteiger partial charge in [-0.1, -0.05) is 66.2 Å². The lowest BCUT2D eigenvalue weighted by Gasteiger charge is -2.15. The molecule has 1 atom stereocenters. The summed E-state index contributed by atoms with van der Waals surface area (Å²) in [6.07, 6.45) is 0.194. The third-order valence-electron chi connectivity index (χ3n) is 3.92. The molecule has 2 aromatic rings. The van der Waals surface area contributed by atoms with Gasteiger partial charge in [0.2, 0.25) is 0 Å². The summed E-state index contributed by atoms with van der Waals surface area (Å²) in [4.78, 5) is 0. The summed E-state index contributed by atoms with van der Waals surface area (Å²) in [5, 5.41) is 10.5. The van der Waals surface area contributed by atoms with E-state index in [1.807, 2.05) is 0 Å². The molecule has 0 amide bonds. The molecule has 0 saturated heterocycles. The summed E-state index contributed by atoms with van der Waals surface area (Å²) in [6.45, 7) is 8.50. The second-order valence-electron chi connectivity index (χ2n) is 6.08. The van der Waals surface area contributed by atoms with E-state index in [2.05, 4.69) is 80.0 Å². The molecule has 1 N–H and O–H groups in total. The van der Waals surface area contributed by atoms with Gasteiger partial charge in [0.1, 0.15) is 0 Å².